The third-order valence-electron chi connectivity index (χ3n) is 4.05. The molecule has 0 aromatic heterocycles. The highest BCUT2D eigenvalue weighted by Crippen LogP contribution is 2.27. The second-order valence-electron chi connectivity index (χ2n) is 6.24. The number of hydrogen-bond donors (Lipinski definition) is 1. The van der Waals surface area contributed by atoms with Gasteiger partial charge in [0.1, 0.15) is 12.4 Å². The molecular formula is C22H20Cl2N2O. The fourth-order valence-electron chi connectivity index (χ4n) is 2.77. The highest BCUT2D eigenvalue weighted by molar-refractivity contribution is 6.35. The summed E-state index contributed by atoms with van der Waals surface area (Å²) in [5.74, 6) is 0.856. The van der Waals surface area contributed by atoms with Gasteiger partial charge in [-0.1, -0.05) is 47.5 Å². The van der Waals surface area contributed by atoms with Gasteiger partial charge in [-0.25, -0.2) is 0 Å². The predicted octanol–water partition coefficient (Wildman–Crippen LogP) is 6.64. The number of benzene rings is 3. The Kier molecular flexibility index (Phi) is 6.38. The van der Waals surface area contributed by atoms with E-state index in [0.29, 0.717) is 16.7 Å². The van der Waals surface area contributed by atoms with Crippen LogP contribution in [0.1, 0.15) is 22.3 Å². The van der Waals surface area contributed by atoms with E-state index in [1.54, 1.807) is 12.3 Å². The molecule has 0 radical (unpaired) electrons. The first kappa shape index (κ1) is 19.3. The van der Waals surface area contributed by atoms with Crippen molar-refractivity contribution >= 4 is 35.1 Å². The fourth-order valence-corrected chi connectivity index (χ4v) is 3.23. The molecule has 0 spiro atoms. The molecule has 5 heteroatoms. The van der Waals surface area contributed by atoms with Crippen molar-refractivity contribution in [2.45, 2.75) is 20.5 Å². The Morgan fingerprint density at radius 2 is 1.67 bits per heavy atom. The molecular weight excluding hydrogens is 379 g/mol. The molecule has 0 atom stereocenters. The highest BCUT2D eigenvalue weighted by atomic mass is 35.5. The minimum atomic E-state index is 0.390. The average molecular weight is 399 g/mol. The number of nitrogens with one attached hydrogen (secondary N) is 1. The minimum Gasteiger partial charge on any atom is -0.488 e. The Morgan fingerprint density at radius 1 is 0.963 bits per heavy atom. The van der Waals surface area contributed by atoms with Gasteiger partial charge in [0, 0.05) is 15.6 Å². The monoisotopic (exact) mass is 398 g/mol. The molecule has 27 heavy (non-hydrogen) atoms. The number of aryl methyl sites for hydroxylation is 2. The largest absolute Gasteiger partial charge is 0.488 e. The van der Waals surface area contributed by atoms with Gasteiger partial charge < -0.3 is 4.74 Å². The average Bonchev–Trinajstić information content (AvgIpc) is 2.63. The number of anilines is 1. The normalized spacial score (nSPS) is 11.0. The van der Waals surface area contributed by atoms with E-state index in [-0.39, 0.29) is 0 Å². The second-order valence-corrected chi connectivity index (χ2v) is 7.09. The molecule has 138 valence electrons. The number of ether oxygens (including phenoxy) is 1. The van der Waals surface area contributed by atoms with Crippen LogP contribution in [0.4, 0.5) is 5.69 Å². The van der Waals surface area contributed by atoms with Crippen LogP contribution in [0, 0.1) is 13.8 Å². The SMILES string of the molecule is Cc1cc(/C=N/Nc2ccccc2)cc(C)c1OCc1ccc(Cl)cc1Cl. The molecule has 0 amide bonds. The Bertz CT molecular complexity index is 933. The van der Waals surface area contributed by atoms with Gasteiger partial charge in [-0.2, -0.15) is 5.10 Å². The molecule has 1 N–H and O–H groups in total. The molecule has 0 aliphatic carbocycles. The van der Waals surface area contributed by atoms with Crippen molar-refractivity contribution < 1.29 is 4.74 Å². The first-order valence-electron chi connectivity index (χ1n) is 8.55. The van der Waals surface area contributed by atoms with Gasteiger partial charge in [0.25, 0.3) is 0 Å². The first-order chi connectivity index (χ1) is 13.0. The number of para-hydroxylation sites is 1. The van der Waals surface area contributed by atoms with Crippen LogP contribution in [0.25, 0.3) is 0 Å². The summed E-state index contributed by atoms with van der Waals surface area (Å²) in [5, 5.41) is 5.51. The quantitative estimate of drug-likeness (QED) is 0.373. The summed E-state index contributed by atoms with van der Waals surface area (Å²) >= 11 is 12.2. The third-order valence-corrected chi connectivity index (χ3v) is 4.64. The lowest BCUT2D eigenvalue weighted by Gasteiger charge is -2.14. The molecule has 0 saturated carbocycles. The van der Waals surface area contributed by atoms with Gasteiger partial charge in [-0.15, -0.1) is 0 Å². The zero-order valence-electron chi connectivity index (χ0n) is 15.2. The Balaban J connectivity index is 1.69. The summed E-state index contributed by atoms with van der Waals surface area (Å²) in [6.45, 7) is 4.43. The molecule has 0 saturated heterocycles. The van der Waals surface area contributed by atoms with Crippen molar-refractivity contribution in [3.8, 4) is 5.75 Å². The predicted molar refractivity (Wildman–Crippen MR) is 114 cm³/mol. The van der Waals surface area contributed by atoms with Gasteiger partial charge in [0.05, 0.1) is 11.9 Å². The highest BCUT2D eigenvalue weighted by Gasteiger charge is 2.08. The van der Waals surface area contributed by atoms with Crippen molar-refractivity contribution in [1.29, 1.82) is 0 Å². The number of hydrogen-bond acceptors (Lipinski definition) is 3. The minimum absolute atomic E-state index is 0.390. The molecule has 3 rings (SSSR count). The van der Waals surface area contributed by atoms with Crippen LogP contribution in [0.2, 0.25) is 10.0 Å². The molecule has 0 heterocycles. The van der Waals surface area contributed by atoms with Crippen molar-refractivity contribution in [2.24, 2.45) is 5.10 Å². The topological polar surface area (TPSA) is 33.6 Å². The van der Waals surface area contributed by atoms with Crippen LogP contribution in [0.3, 0.4) is 0 Å². The van der Waals surface area contributed by atoms with Crippen LogP contribution in [-0.2, 0) is 6.61 Å². The lowest BCUT2D eigenvalue weighted by atomic mass is 10.1. The van der Waals surface area contributed by atoms with E-state index in [1.807, 2.05) is 68.4 Å². The van der Waals surface area contributed by atoms with Crippen molar-refractivity contribution in [3.63, 3.8) is 0 Å². The van der Waals surface area contributed by atoms with Crippen molar-refractivity contribution in [3.05, 3.63) is 93.0 Å². The van der Waals surface area contributed by atoms with Crippen LogP contribution < -0.4 is 10.2 Å². The number of rotatable bonds is 6. The van der Waals surface area contributed by atoms with E-state index >= 15 is 0 Å². The molecule has 0 aliphatic heterocycles. The van der Waals surface area contributed by atoms with Gasteiger partial charge in [-0.05, 0) is 66.9 Å². The maximum atomic E-state index is 6.22. The van der Waals surface area contributed by atoms with Gasteiger partial charge in [0.15, 0.2) is 0 Å². The zero-order valence-corrected chi connectivity index (χ0v) is 16.7. The molecule has 0 unspecified atom stereocenters. The maximum Gasteiger partial charge on any atom is 0.125 e. The van der Waals surface area contributed by atoms with Crippen LogP contribution in [0.5, 0.6) is 5.75 Å². The lowest BCUT2D eigenvalue weighted by molar-refractivity contribution is 0.302. The van der Waals surface area contributed by atoms with Crippen molar-refractivity contribution in [1.82, 2.24) is 0 Å². The summed E-state index contributed by atoms with van der Waals surface area (Å²) < 4.78 is 6.02. The van der Waals surface area contributed by atoms with E-state index in [2.05, 4.69) is 10.5 Å². The molecule has 3 aromatic rings. The van der Waals surface area contributed by atoms with Gasteiger partial charge in [-0.3, -0.25) is 5.43 Å². The van der Waals surface area contributed by atoms with Gasteiger partial charge >= 0.3 is 0 Å². The van der Waals surface area contributed by atoms with E-state index < -0.39 is 0 Å². The Hall–Kier alpha value is -2.49. The molecule has 0 bridgehead atoms. The smallest absolute Gasteiger partial charge is 0.125 e. The Labute approximate surface area is 169 Å². The lowest BCUT2D eigenvalue weighted by Crippen LogP contribution is -2.01. The molecule has 3 nitrogen and oxygen atoms in total. The fraction of sp³-hybridized carbons (Fsp3) is 0.136. The molecule has 3 aromatic carbocycles. The van der Waals surface area contributed by atoms with Crippen LogP contribution in [0.15, 0.2) is 65.8 Å². The first-order valence-corrected chi connectivity index (χ1v) is 9.30. The number of halogens is 2. The summed E-state index contributed by atoms with van der Waals surface area (Å²) in [6, 6.07) is 19.3. The number of hydrazone groups is 1. The summed E-state index contributed by atoms with van der Waals surface area (Å²) in [5.41, 5.74) is 7.95. The zero-order chi connectivity index (χ0) is 19.2. The van der Waals surface area contributed by atoms with Crippen LogP contribution in [-0.4, -0.2) is 6.21 Å². The summed E-state index contributed by atoms with van der Waals surface area (Å²) in [6.07, 6.45) is 1.80. The van der Waals surface area contributed by atoms with Crippen LogP contribution >= 0.6 is 23.2 Å². The van der Waals surface area contributed by atoms with E-state index in [9.17, 15) is 0 Å². The third kappa shape index (κ3) is 5.25. The maximum absolute atomic E-state index is 6.22. The van der Waals surface area contributed by atoms with E-state index in [1.165, 1.54) is 0 Å². The molecule has 0 aliphatic rings. The molecule has 0 fully saturated rings. The Morgan fingerprint density at radius 3 is 2.33 bits per heavy atom. The number of nitrogens with zero attached hydrogens (tertiary/aromatic N) is 1. The van der Waals surface area contributed by atoms with E-state index in [4.69, 9.17) is 27.9 Å². The van der Waals surface area contributed by atoms with Gasteiger partial charge in [0.2, 0.25) is 0 Å². The van der Waals surface area contributed by atoms with Crippen molar-refractivity contribution in [2.75, 3.05) is 5.43 Å². The van der Waals surface area contributed by atoms with E-state index in [0.717, 1.165) is 33.7 Å². The summed E-state index contributed by atoms with van der Waals surface area (Å²) in [4.78, 5) is 0. The second kappa shape index (κ2) is 8.94. The standard InChI is InChI=1S/C22H20Cl2N2O/c1-15-10-17(13-25-26-20-6-4-3-5-7-20)11-16(2)22(15)27-14-18-8-9-19(23)12-21(18)24/h3-13,26H,14H2,1-2H3/b25-13+. The summed E-state index contributed by atoms with van der Waals surface area (Å²) in [7, 11) is 0.